The molecule has 0 bridgehead atoms. The Kier molecular flexibility index (Phi) is 4.26. The van der Waals surface area contributed by atoms with Gasteiger partial charge in [0.2, 0.25) is 0 Å². The number of nitrogens with zero attached hydrogens (tertiary/aromatic N) is 2. The van der Waals surface area contributed by atoms with Crippen LogP contribution in [0.1, 0.15) is 32.0 Å². The maximum absolute atomic E-state index is 12.6. The minimum Gasteiger partial charge on any atom is -0.255 e. The van der Waals surface area contributed by atoms with Gasteiger partial charge in [-0.3, -0.25) is 4.98 Å². The standard InChI is InChI=1S/C11H13F3N2OS/c1-10(2,3)18(17)16-7-9-8(11(12,13)14)5-4-6-15-9/h4-7H,1-3H3/t18-/m1/s1. The summed E-state index contributed by atoms with van der Waals surface area (Å²) < 4.78 is 52.5. The largest absolute Gasteiger partial charge is 0.418 e. The summed E-state index contributed by atoms with van der Waals surface area (Å²) in [6, 6.07) is 2.11. The Hall–Kier alpha value is -1.24. The lowest BCUT2D eigenvalue weighted by Crippen LogP contribution is -2.20. The molecule has 0 N–H and O–H groups in total. The average Bonchev–Trinajstić information content (AvgIpc) is 2.23. The molecular formula is C11H13F3N2OS. The van der Waals surface area contributed by atoms with Crippen LogP contribution in [0.2, 0.25) is 0 Å². The average molecular weight is 278 g/mol. The molecule has 0 spiro atoms. The molecule has 0 saturated carbocycles. The predicted molar refractivity (Wildman–Crippen MR) is 64.7 cm³/mol. The van der Waals surface area contributed by atoms with Crippen LogP contribution in [0.4, 0.5) is 13.2 Å². The van der Waals surface area contributed by atoms with Crippen LogP contribution in [0.15, 0.2) is 22.7 Å². The molecular weight excluding hydrogens is 265 g/mol. The molecule has 0 unspecified atom stereocenters. The van der Waals surface area contributed by atoms with Gasteiger partial charge in [0, 0.05) is 6.20 Å². The Bertz CT molecular complexity index is 478. The first kappa shape index (κ1) is 14.8. The molecule has 7 heteroatoms. The van der Waals surface area contributed by atoms with Crippen LogP contribution in [0, 0.1) is 0 Å². The predicted octanol–water partition coefficient (Wildman–Crippen LogP) is 2.98. The molecule has 0 aliphatic heterocycles. The first-order valence-electron chi connectivity index (χ1n) is 5.10. The van der Waals surface area contributed by atoms with Gasteiger partial charge in [0.1, 0.15) is 11.0 Å². The second-order valence-electron chi connectivity index (χ2n) is 4.53. The molecule has 1 atom stereocenters. The van der Waals surface area contributed by atoms with E-state index in [-0.39, 0.29) is 5.69 Å². The zero-order valence-electron chi connectivity index (χ0n) is 10.2. The van der Waals surface area contributed by atoms with Crippen molar-refractivity contribution in [2.45, 2.75) is 31.7 Å². The van der Waals surface area contributed by atoms with Crippen LogP contribution in [-0.2, 0) is 17.2 Å². The van der Waals surface area contributed by atoms with Gasteiger partial charge in [-0.25, -0.2) is 4.21 Å². The number of hydrogen-bond donors (Lipinski definition) is 0. The maximum Gasteiger partial charge on any atom is 0.418 e. The molecule has 1 aromatic heterocycles. The lowest BCUT2D eigenvalue weighted by molar-refractivity contribution is -0.137. The Balaban J connectivity index is 3.06. The fourth-order valence-corrected chi connectivity index (χ4v) is 1.53. The van der Waals surface area contributed by atoms with E-state index >= 15 is 0 Å². The zero-order valence-corrected chi connectivity index (χ0v) is 11.0. The Labute approximate surface area is 106 Å². The van der Waals surface area contributed by atoms with E-state index in [0.29, 0.717) is 0 Å². The molecule has 0 aliphatic carbocycles. The van der Waals surface area contributed by atoms with Gasteiger partial charge >= 0.3 is 6.18 Å². The van der Waals surface area contributed by atoms with Gasteiger partial charge in [0.15, 0.2) is 0 Å². The summed E-state index contributed by atoms with van der Waals surface area (Å²) in [5.41, 5.74) is -1.22. The quantitative estimate of drug-likeness (QED) is 0.780. The van der Waals surface area contributed by atoms with E-state index in [0.717, 1.165) is 12.3 Å². The van der Waals surface area contributed by atoms with Gasteiger partial charge in [0.25, 0.3) is 0 Å². The lowest BCUT2D eigenvalue weighted by atomic mass is 10.2. The number of pyridine rings is 1. The van der Waals surface area contributed by atoms with Crippen LogP contribution in [0.25, 0.3) is 0 Å². The van der Waals surface area contributed by atoms with Gasteiger partial charge in [-0.1, -0.05) is 0 Å². The van der Waals surface area contributed by atoms with E-state index in [1.165, 1.54) is 12.3 Å². The van der Waals surface area contributed by atoms with E-state index in [1.54, 1.807) is 20.8 Å². The summed E-state index contributed by atoms with van der Waals surface area (Å²) in [6.07, 6.45) is -2.36. The third-order valence-electron chi connectivity index (χ3n) is 1.94. The van der Waals surface area contributed by atoms with E-state index in [9.17, 15) is 17.4 Å². The summed E-state index contributed by atoms with van der Waals surface area (Å²) in [7, 11) is -1.61. The molecule has 0 radical (unpaired) electrons. The Morgan fingerprint density at radius 1 is 1.33 bits per heavy atom. The molecule has 18 heavy (non-hydrogen) atoms. The number of hydrogen-bond acceptors (Lipinski definition) is 2. The molecule has 0 saturated heterocycles. The van der Waals surface area contributed by atoms with Crippen LogP contribution >= 0.6 is 0 Å². The van der Waals surface area contributed by atoms with Gasteiger partial charge < -0.3 is 0 Å². The minimum atomic E-state index is -4.50. The molecule has 0 fully saturated rings. The van der Waals surface area contributed by atoms with Crippen molar-refractivity contribution in [2.75, 3.05) is 0 Å². The van der Waals surface area contributed by atoms with Crippen LogP contribution in [0.3, 0.4) is 0 Å². The topological polar surface area (TPSA) is 42.3 Å². The van der Waals surface area contributed by atoms with Gasteiger partial charge in [0.05, 0.1) is 22.2 Å². The van der Waals surface area contributed by atoms with Crippen molar-refractivity contribution in [3.05, 3.63) is 29.6 Å². The first-order chi connectivity index (χ1) is 8.12. The fourth-order valence-electron chi connectivity index (χ4n) is 1.02. The van der Waals surface area contributed by atoms with Crippen molar-refractivity contribution < 1.29 is 17.4 Å². The fraction of sp³-hybridized carbons (Fsp3) is 0.455. The molecule has 1 rings (SSSR count). The van der Waals surface area contributed by atoms with Crippen molar-refractivity contribution in [2.24, 2.45) is 4.40 Å². The molecule has 1 heterocycles. The summed E-state index contributed by atoms with van der Waals surface area (Å²) in [5.74, 6) is 0. The summed E-state index contributed by atoms with van der Waals surface area (Å²) in [6.45, 7) is 5.05. The summed E-state index contributed by atoms with van der Waals surface area (Å²) >= 11 is 0. The monoisotopic (exact) mass is 278 g/mol. The Morgan fingerprint density at radius 2 is 1.94 bits per heavy atom. The molecule has 0 amide bonds. The van der Waals surface area contributed by atoms with E-state index in [4.69, 9.17) is 0 Å². The number of halogens is 3. The summed E-state index contributed by atoms with van der Waals surface area (Å²) in [4.78, 5) is 3.60. The first-order valence-corrected chi connectivity index (χ1v) is 6.21. The maximum atomic E-state index is 12.6. The van der Waals surface area contributed by atoms with Crippen molar-refractivity contribution in [1.82, 2.24) is 4.98 Å². The second-order valence-corrected chi connectivity index (χ2v) is 6.46. The van der Waals surface area contributed by atoms with Crippen molar-refractivity contribution >= 4 is 17.2 Å². The molecule has 3 nitrogen and oxygen atoms in total. The summed E-state index contributed by atoms with van der Waals surface area (Å²) in [5, 5.41) is 0. The molecule has 100 valence electrons. The smallest absolute Gasteiger partial charge is 0.255 e. The van der Waals surface area contributed by atoms with Crippen molar-refractivity contribution in [1.29, 1.82) is 0 Å². The number of aromatic nitrogens is 1. The van der Waals surface area contributed by atoms with E-state index in [2.05, 4.69) is 9.38 Å². The van der Waals surface area contributed by atoms with E-state index < -0.39 is 27.5 Å². The highest BCUT2D eigenvalue weighted by molar-refractivity contribution is 7.85. The van der Waals surface area contributed by atoms with Crippen molar-refractivity contribution in [3.63, 3.8) is 0 Å². The lowest BCUT2D eigenvalue weighted by Gasteiger charge is -2.13. The third kappa shape index (κ3) is 3.90. The van der Waals surface area contributed by atoms with Crippen LogP contribution < -0.4 is 0 Å². The SMILES string of the molecule is CC(C)(C)[S@@](=O)N=Cc1ncccc1C(F)(F)F. The number of alkyl halides is 3. The van der Waals surface area contributed by atoms with Crippen LogP contribution in [-0.4, -0.2) is 20.2 Å². The highest BCUT2D eigenvalue weighted by atomic mass is 32.2. The van der Waals surface area contributed by atoms with Gasteiger partial charge in [-0.05, 0) is 32.9 Å². The molecule has 1 aromatic rings. The van der Waals surface area contributed by atoms with Crippen LogP contribution in [0.5, 0.6) is 0 Å². The van der Waals surface area contributed by atoms with Gasteiger partial charge in [-0.2, -0.15) is 17.6 Å². The minimum absolute atomic E-state index is 0.331. The van der Waals surface area contributed by atoms with E-state index in [1.807, 2.05) is 0 Å². The highest BCUT2D eigenvalue weighted by Gasteiger charge is 2.33. The van der Waals surface area contributed by atoms with Gasteiger partial charge in [-0.15, -0.1) is 0 Å². The molecule has 0 aromatic carbocycles. The number of rotatable bonds is 2. The Morgan fingerprint density at radius 3 is 2.44 bits per heavy atom. The van der Waals surface area contributed by atoms with Crippen molar-refractivity contribution in [3.8, 4) is 0 Å². The third-order valence-corrected chi connectivity index (χ3v) is 3.28. The normalized spacial score (nSPS) is 15.0. The molecule has 0 aliphatic rings. The second kappa shape index (κ2) is 5.17. The highest BCUT2D eigenvalue weighted by Crippen LogP contribution is 2.30. The zero-order chi connectivity index (χ0) is 14.0.